The van der Waals surface area contributed by atoms with Crippen LogP contribution in [0.5, 0.6) is 0 Å². The molecule has 4 rings (SSSR count). The van der Waals surface area contributed by atoms with Crippen LogP contribution in [0, 0.1) is 28.6 Å². The normalized spacial score (nSPS) is 48.0. The maximum Gasteiger partial charge on any atom is 0.306 e. The maximum absolute atomic E-state index is 12.0. The zero-order valence-corrected chi connectivity index (χ0v) is 14.0. The smallest absolute Gasteiger partial charge is 0.306 e. The fourth-order valence-corrected chi connectivity index (χ4v) is 5.45. The number of esters is 1. The summed E-state index contributed by atoms with van der Waals surface area (Å²) in [6.07, 6.45) is 12.7. The minimum atomic E-state index is -0.0841. The fourth-order valence-electron chi connectivity index (χ4n) is 5.45. The molecule has 4 aliphatic rings. The van der Waals surface area contributed by atoms with Crippen molar-refractivity contribution in [3.63, 3.8) is 0 Å². The summed E-state index contributed by atoms with van der Waals surface area (Å²) in [6.45, 7) is 6.58. The number of fused-ring (bicyclic) bond motifs is 5. The first-order chi connectivity index (χ1) is 10.8. The Morgan fingerprint density at radius 1 is 1.17 bits per heavy atom. The molecule has 0 aromatic rings. The van der Waals surface area contributed by atoms with E-state index in [1.54, 1.807) is 12.2 Å². The van der Waals surface area contributed by atoms with Crippen LogP contribution in [0.15, 0.2) is 36.0 Å². The monoisotopic (exact) mass is 312 g/mol. The lowest BCUT2D eigenvalue weighted by molar-refractivity contribution is -0.183. The van der Waals surface area contributed by atoms with Crippen LogP contribution < -0.4 is 0 Å². The highest BCUT2D eigenvalue weighted by molar-refractivity contribution is 6.01. The second-order valence-corrected chi connectivity index (χ2v) is 8.15. The number of rotatable bonds is 0. The molecule has 3 heteroatoms. The highest BCUT2D eigenvalue weighted by atomic mass is 16.5. The summed E-state index contributed by atoms with van der Waals surface area (Å²) in [7, 11) is 0. The van der Waals surface area contributed by atoms with Crippen LogP contribution in [0.1, 0.15) is 40.0 Å². The average Bonchev–Trinajstić information content (AvgIpc) is 2.49. The molecule has 1 heterocycles. The molecule has 0 radical (unpaired) electrons. The number of hydrogen-bond acceptors (Lipinski definition) is 3. The molecule has 0 amide bonds. The SMILES string of the molecule is C[C@@H]1OC(=O)C[C@H]2[C@@H]3C=CC4=CC(=O)C=C[C@]4(C)[C@H]3CC[C@]12C. The van der Waals surface area contributed by atoms with Gasteiger partial charge < -0.3 is 4.74 Å². The van der Waals surface area contributed by atoms with Crippen molar-refractivity contribution in [3.8, 4) is 0 Å². The van der Waals surface area contributed by atoms with Crippen LogP contribution in [0.3, 0.4) is 0 Å². The van der Waals surface area contributed by atoms with E-state index >= 15 is 0 Å². The average molecular weight is 312 g/mol. The van der Waals surface area contributed by atoms with Gasteiger partial charge in [0.05, 0.1) is 0 Å². The van der Waals surface area contributed by atoms with Crippen LogP contribution >= 0.6 is 0 Å². The minimum Gasteiger partial charge on any atom is -0.462 e. The van der Waals surface area contributed by atoms with Crippen LogP contribution in [0.2, 0.25) is 0 Å². The van der Waals surface area contributed by atoms with E-state index in [-0.39, 0.29) is 28.7 Å². The van der Waals surface area contributed by atoms with Gasteiger partial charge in [0.2, 0.25) is 0 Å². The predicted octanol–water partition coefficient (Wildman–Crippen LogP) is 3.61. The molecular formula is C20H24O3. The fraction of sp³-hybridized carbons (Fsp3) is 0.600. The Morgan fingerprint density at radius 2 is 1.96 bits per heavy atom. The quantitative estimate of drug-likeness (QED) is 0.642. The number of carbonyl (C=O) groups is 2. The first kappa shape index (κ1) is 14.9. The van der Waals surface area contributed by atoms with E-state index in [1.165, 1.54) is 0 Å². The van der Waals surface area contributed by atoms with Crippen molar-refractivity contribution in [2.45, 2.75) is 46.1 Å². The summed E-state index contributed by atoms with van der Waals surface area (Å²) in [6, 6.07) is 0. The minimum absolute atomic E-state index is 0.0173. The molecule has 6 atom stereocenters. The van der Waals surface area contributed by atoms with E-state index in [0.717, 1.165) is 18.4 Å². The summed E-state index contributed by atoms with van der Waals surface area (Å²) < 4.78 is 5.55. The highest BCUT2D eigenvalue weighted by Gasteiger charge is 2.57. The summed E-state index contributed by atoms with van der Waals surface area (Å²) in [5.41, 5.74) is 1.10. The molecule has 1 saturated carbocycles. The Labute approximate surface area is 137 Å². The van der Waals surface area contributed by atoms with Crippen molar-refractivity contribution in [2.75, 3.05) is 0 Å². The molecule has 0 aromatic heterocycles. The molecule has 1 aliphatic heterocycles. The van der Waals surface area contributed by atoms with E-state index in [9.17, 15) is 9.59 Å². The summed E-state index contributed by atoms with van der Waals surface area (Å²) in [5.74, 6) is 1.19. The summed E-state index contributed by atoms with van der Waals surface area (Å²) in [5, 5.41) is 0. The maximum atomic E-state index is 12.0. The largest absolute Gasteiger partial charge is 0.462 e. The molecule has 3 aliphatic carbocycles. The predicted molar refractivity (Wildman–Crippen MR) is 87.5 cm³/mol. The van der Waals surface area contributed by atoms with Crippen molar-refractivity contribution < 1.29 is 14.3 Å². The molecule has 23 heavy (non-hydrogen) atoms. The third kappa shape index (κ3) is 1.95. The van der Waals surface area contributed by atoms with Gasteiger partial charge in [-0.15, -0.1) is 0 Å². The van der Waals surface area contributed by atoms with E-state index in [1.807, 2.05) is 6.92 Å². The van der Waals surface area contributed by atoms with Gasteiger partial charge in [0, 0.05) is 17.3 Å². The Balaban J connectivity index is 1.77. The molecule has 0 unspecified atom stereocenters. The molecule has 3 nitrogen and oxygen atoms in total. The highest BCUT2D eigenvalue weighted by Crippen LogP contribution is 2.61. The zero-order chi connectivity index (χ0) is 16.4. The van der Waals surface area contributed by atoms with Gasteiger partial charge in [-0.1, -0.05) is 32.1 Å². The van der Waals surface area contributed by atoms with Gasteiger partial charge in [0.1, 0.15) is 6.10 Å². The van der Waals surface area contributed by atoms with Crippen molar-refractivity contribution in [2.24, 2.45) is 28.6 Å². The van der Waals surface area contributed by atoms with E-state index in [0.29, 0.717) is 24.2 Å². The molecule has 0 N–H and O–H groups in total. The van der Waals surface area contributed by atoms with Crippen LogP contribution in [0.25, 0.3) is 0 Å². The molecule has 2 fully saturated rings. The van der Waals surface area contributed by atoms with Crippen LogP contribution in [-0.2, 0) is 14.3 Å². The first-order valence-electron chi connectivity index (χ1n) is 8.68. The third-order valence-corrected chi connectivity index (χ3v) is 7.18. The lowest BCUT2D eigenvalue weighted by Crippen LogP contribution is -2.55. The number of allylic oxidation sites excluding steroid dienone is 6. The molecule has 0 bridgehead atoms. The van der Waals surface area contributed by atoms with E-state index in [4.69, 9.17) is 4.74 Å². The number of carbonyl (C=O) groups excluding carboxylic acids is 2. The third-order valence-electron chi connectivity index (χ3n) is 7.18. The molecule has 1 saturated heterocycles. The van der Waals surface area contributed by atoms with Gasteiger partial charge in [-0.2, -0.15) is 0 Å². The number of ketones is 1. The molecular weight excluding hydrogens is 288 g/mol. The van der Waals surface area contributed by atoms with Gasteiger partial charge in [-0.3, -0.25) is 9.59 Å². The van der Waals surface area contributed by atoms with Crippen LogP contribution in [-0.4, -0.2) is 17.9 Å². The van der Waals surface area contributed by atoms with Gasteiger partial charge in [0.25, 0.3) is 0 Å². The van der Waals surface area contributed by atoms with E-state index in [2.05, 4.69) is 32.1 Å². The number of hydrogen-bond donors (Lipinski definition) is 0. The van der Waals surface area contributed by atoms with Gasteiger partial charge in [-0.05, 0) is 55.2 Å². The van der Waals surface area contributed by atoms with Gasteiger partial charge in [-0.25, -0.2) is 0 Å². The van der Waals surface area contributed by atoms with Crippen molar-refractivity contribution in [1.82, 2.24) is 0 Å². The lowest BCUT2D eigenvalue weighted by atomic mass is 9.48. The van der Waals surface area contributed by atoms with Crippen LogP contribution in [0.4, 0.5) is 0 Å². The Morgan fingerprint density at radius 3 is 2.74 bits per heavy atom. The Kier molecular flexibility index (Phi) is 3.04. The lowest BCUT2D eigenvalue weighted by Gasteiger charge is -2.58. The van der Waals surface area contributed by atoms with Gasteiger partial charge in [0.15, 0.2) is 5.78 Å². The van der Waals surface area contributed by atoms with E-state index < -0.39 is 0 Å². The van der Waals surface area contributed by atoms with Crippen molar-refractivity contribution >= 4 is 11.8 Å². The molecule has 122 valence electrons. The number of cyclic esters (lactones) is 1. The standard InChI is InChI=1S/C20H24O3/c1-12-19(2)9-7-16-15(17(19)11-18(22)23-12)5-4-13-10-14(21)6-8-20(13,16)3/h4-6,8,10,12,15-17H,7,9,11H2,1-3H3/t12-,15+,16-,17-,19+,20-/m0/s1. The first-order valence-corrected chi connectivity index (χ1v) is 8.68. The Hall–Kier alpha value is -1.64. The van der Waals surface area contributed by atoms with Crippen molar-refractivity contribution in [1.29, 1.82) is 0 Å². The molecule has 0 spiro atoms. The number of ether oxygens (including phenoxy) is 1. The Bertz CT molecular complexity index is 670. The molecule has 0 aromatic carbocycles. The second-order valence-electron chi connectivity index (χ2n) is 8.15. The summed E-state index contributed by atoms with van der Waals surface area (Å²) >= 11 is 0. The summed E-state index contributed by atoms with van der Waals surface area (Å²) in [4.78, 5) is 23.8. The van der Waals surface area contributed by atoms with Gasteiger partial charge >= 0.3 is 5.97 Å². The van der Waals surface area contributed by atoms with Crippen molar-refractivity contribution in [3.05, 3.63) is 36.0 Å². The topological polar surface area (TPSA) is 43.4 Å². The zero-order valence-electron chi connectivity index (χ0n) is 14.0. The second kappa shape index (κ2) is 4.68.